The first-order valence-corrected chi connectivity index (χ1v) is 7.00. The van der Waals surface area contributed by atoms with Gasteiger partial charge in [-0.2, -0.15) is 0 Å². The van der Waals surface area contributed by atoms with Crippen molar-refractivity contribution >= 4 is 15.9 Å². The number of ether oxygens (including phenoxy) is 3. The third-order valence-corrected chi connectivity index (χ3v) is 2.77. The molecule has 17 heavy (non-hydrogen) atoms. The molecule has 0 atom stereocenters. The molecule has 0 heterocycles. The van der Waals surface area contributed by atoms with Crippen LogP contribution in [0.25, 0.3) is 0 Å². The molecular weight excluding hydrogens is 284 g/mol. The van der Waals surface area contributed by atoms with Crippen molar-refractivity contribution in [2.45, 2.75) is 26.1 Å². The lowest BCUT2D eigenvalue weighted by Crippen LogP contribution is -2.02. The maximum absolute atomic E-state index is 5.58. The molecule has 0 aliphatic carbocycles. The fraction of sp³-hybridized carbons (Fsp3) is 0.538. The van der Waals surface area contributed by atoms with Crippen LogP contribution in [0.5, 0.6) is 17.2 Å². The molecule has 0 amide bonds. The third-order valence-electron chi connectivity index (χ3n) is 2.17. The second-order valence-electron chi connectivity index (χ2n) is 3.34. The van der Waals surface area contributed by atoms with E-state index in [1.54, 1.807) is 0 Å². The van der Waals surface area contributed by atoms with E-state index in [1.165, 1.54) is 0 Å². The molecule has 1 aromatic rings. The van der Waals surface area contributed by atoms with Crippen LogP contribution >= 0.6 is 15.9 Å². The van der Waals surface area contributed by atoms with Crippen molar-refractivity contribution in [3.8, 4) is 17.2 Å². The van der Waals surface area contributed by atoms with Gasteiger partial charge < -0.3 is 14.2 Å². The molecule has 0 aliphatic heterocycles. The summed E-state index contributed by atoms with van der Waals surface area (Å²) in [7, 11) is 0. The molecule has 0 saturated carbocycles. The highest BCUT2D eigenvalue weighted by Gasteiger charge is 2.12. The summed E-state index contributed by atoms with van der Waals surface area (Å²) in [6.07, 6.45) is 0. The minimum absolute atomic E-state index is 0.610. The highest BCUT2D eigenvalue weighted by atomic mass is 79.9. The summed E-state index contributed by atoms with van der Waals surface area (Å²) in [5.41, 5.74) is 1.07. The normalized spacial score (nSPS) is 10.1. The lowest BCUT2D eigenvalue weighted by Gasteiger charge is -2.15. The first-order valence-electron chi connectivity index (χ1n) is 5.88. The number of alkyl halides is 1. The Morgan fingerprint density at radius 2 is 1.29 bits per heavy atom. The second-order valence-corrected chi connectivity index (χ2v) is 3.90. The molecule has 0 unspecified atom stereocenters. The smallest absolute Gasteiger partial charge is 0.164 e. The first kappa shape index (κ1) is 14.2. The summed E-state index contributed by atoms with van der Waals surface area (Å²) in [6.45, 7) is 7.75. The zero-order chi connectivity index (χ0) is 12.7. The van der Waals surface area contributed by atoms with Crippen LogP contribution in [0, 0.1) is 0 Å². The molecule has 3 nitrogen and oxygen atoms in total. The van der Waals surface area contributed by atoms with E-state index >= 15 is 0 Å². The van der Waals surface area contributed by atoms with E-state index in [0.29, 0.717) is 19.8 Å². The predicted molar refractivity (Wildman–Crippen MR) is 72.6 cm³/mol. The molecule has 0 spiro atoms. The van der Waals surface area contributed by atoms with Gasteiger partial charge in [-0.15, -0.1) is 0 Å². The molecule has 0 aliphatic rings. The van der Waals surface area contributed by atoms with Gasteiger partial charge in [-0.1, -0.05) is 15.9 Å². The lowest BCUT2D eigenvalue weighted by atomic mass is 10.2. The highest BCUT2D eigenvalue weighted by molar-refractivity contribution is 9.08. The van der Waals surface area contributed by atoms with Gasteiger partial charge in [0.15, 0.2) is 11.5 Å². The molecule has 0 N–H and O–H groups in total. The quantitative estimate of drug-likeness (QED) is 0.718. The van der Waals surface area contributed by atoms with Gasteiger partial charge in [0.2, 0.25) is 0 Å². The summed E-state index contributed by atoms with van der Waals surface area (Å²) in [6, 6.07) is 3.86. The maximum Gasteiger partial charge on any atom is 0.164 e. The van der Waals surface area contributed by atoms with E-state index < -0.39 is 0 Å². The van der Waals surface area contributed by atoms with Crippen LogP contribution in [0.2, 0.25) is 0 Å². The molecule has 0 bridgehead atoms. The first-order chi connectivity index (χ1) is 8.26. The minimum atomic E-state index is 0.610. The summed E-state index contributed by atoms with van der Waals surface area (Å²) in [5.74, 6) is 2.35. The van der Waals surface area contributed by atoms with E-state index in [-0.39, 0.29) is 0 Å². The standard InChI is InChI=1S/C13H19BrO3/c1-4-15-11-8-13(17-6-3)12(16-5-2)7-10(11)9-14/h7-8H,4-6,9H2,1-3H3. The van der Waals surface area contributed by atoms with Crippen LogP contribution < -0.4 is 14.2 Å². The number of halogens is 1. The fourth-order valence-electron chi connectivity index (χ4n) is 1.51. The van der Waals surface area contributed by atoms with Gasteiger partial charge in [0, 0.05) is 17.0 Å². The molecule has 1 aromatic carbocycles. The molecule has 0 saturated heterocycles. The summed E-state index contributed by atoms with van der Waals surface area (Å²) >= 11 is 3.45. The number of benzene rings is 1. The van der Waals surface area contributed by atoms with Crippen molar-refractivity contribution in [3.05, 3.63) is 17.7 Å². The number of hydrogen-bond acceptors (Lipinski definition) is 3. The summed E-state index contributed by atoms with van der Waals surface area (Å²) in [4.78, 5) is 0. The number of rotatable bonds is 7. The minimum Gasteiger partial charge on any atom is -0.493 e. The Bertz CT molecular complexity index is 353. The van der Waals surface area contributed by atoms with E-state index in [2.05, 4.69) is 15.9 Å². The molecule has 0 fully saturated rings. The number of hydrogen-bond donors (Lipinski definition) is 0. The van der Waals surface area contributed by atoms with Crippen molar-refractivity contribution in [2.24, 2.45) is 0 Å². The van der Waals surface area contributed by atoms with Gasteiger partial charge in [-0.05, 0) is 26.8 Å². The monoisotopic (exact) mass is 302 g/mol. The Hall–Kier alpha value is -0.900. The van der Waals surface area contributed by atoms with Crippen LogP contribution in [-0.4, -0.2) is 19.8 Å². The van der Waals surface area contributed by atoms with Crippen molar-refractivity contribution in [3.63, 3.8) is 0 Å². The van der Waals surface area contributed by atoms with E-state index in [9.17, 15) is 0 Å². The zero-order valence-corrected chi connectivity index (χ0v) is 12.2. The van der Waals surface area contributed by atoms with Crippen molar-refractivity contribution < 1.29 is 14.2 Å². The molecule has 4 heteroatoms. The van der Waals surface area contributed by atoms with Gasteiger partial charge in [0.25, 0.3) is 0 Å². The van der Waals surface area contributed by atoms with Gasteiger partial charge in [-0.3, -0.25) is 0 Å². The van der Waals surface area contributed by atoms with E-state index in [1.807, 2.05) is 32.9 Å². The van der Waals surface area contributed by atoms with Gasteiger partial charge in [0.05, 0.1) is 19.8 Å². The SMILES string of the molecule is CCOc1cc(OCC)c(OCC)cc1CBr. The highest BCUT2D eigenvalue weighted by Crippen LogP contribution is 2.36. The molecular formula is C13H19BrO3. The zero-order valence-electron chi connectivity index (χ0n) is 10.6. The van der Waals surface area contributed by atoms with Crippen LogP contribution in [-0.2, 0) is 5.33 Å². The van der Waals surface area contributed by atoms with Crippen molar-refractivity contribution in [1.29, 1.82) is 0 Å². The Kier molecular flexibility index (Phi) is 6.19. The van der Waals surface area contributed by atoms with Gasteiger partial charge in [-0.25, -0.2) is 0 Å². The molecule has 0 radical (unpaired) electrons. The average Bonchev–Trinajstić information content (AvgIpc) is 2.33. The molecule has 96 valence electrons. The van der Waals surface area contributed by atoms with Gasteiger partial charge >= 0.3 is 0 Å². The Labute approximate surface area is 111 Å². The maximum atomic E-state index is 5.58. The topological polar surface area (TPSA) is 27.7 Å². The fourth-order valence-corrected chi connectivity index (χ4v) is 1.95. The van der Waals surface area contributed by atoms with Crippen LogP contribution in [0.15, 0.2) is 12.1 Å². The van der Waals surface area contributed by atoms with E-state index in [4.69, 9.17) is 14.2 Å². The van der Waals surface area contributed by atoms with E-state index in [0.717, 1.165) is 28.1 Å². The Morgan fingerprint density at radius 1 is 0.824 bits per heavy atom. The average molecular weight is 303 g/mol. The summed E-state index contributed by atoms with van der Waals surface area (Å²) < 4.78 is 16.7. The largest absolute Gasteiger partial charge is 0.493 e. The Morgan fingerprint density at radius 3 is 1.76 bits per heavy atom. The molecule has 1 rings (SSSR count). The van der Waals surface area contributed by atoms with Crippen molar-refractivity contribution in [2.75, 3.05) is 19.8 Å². The van der Waals surface area contributed by atoms with Crippen LogP contribution in [0.4, 0.5) is 0 Å². The van der Waals surface area contributed by atoms with Crippen LogP contribution in [0.3, 0.4) is 0 Å². The van der Waals surface area contributed by atoms with Gasteiger partial charge in [0.1, 0.15) is 5.75 Å². The molecule has 0 aromatic heterocycles. The van der Waals surface area contributed by atoms with Crippen molar-refractivity contribution in [1.82, 2.24) is 0 Å². The summed E-state index contributed by atoms with van der Waals surface area (Å²) in [5, 5.41) is 0.731. The Balaban J connectivity index is 3.11. The van der Waals surface area contributed by atoms with Crippen LogP contribution in [0.1, 0.15) is 26.3 Å². The second kappa shape index (κ2) is 7.43. The third kappa shape index (κ3) is 3.80. The predicted octanol–water partition coefficient (Wildman–Crippen LogP) is 3.78. The lowest BCUT2D eigenvalue weighted by molar-refractivity contribution is 0.282.